The molecular weight excluding hydrogens is 243 g/mol. The van der Waals surface area contributed by atoms with Crippen molar-refractivity contribution in [1.82, 2.24) is 10.2 Å². The standard InChI is InChI=1S/C15H11FN2O/c16-12-7-3-1-5-10(12)13-9-14(18-17-13)11-6-2-4-8-15(11)19/h1-9,19H,(H,17,18). The lowest BCUT2D eigenvalue weighted by molar-refractivity contribution is 0.477. The van der Waals surface area contributed by atoms with Crippen molar-refractivity contribution in [2.45, 2.75) is 0 Å². The maximum absolute atomic E-state index is 13.7. The molecule has 0 aliphatic rings. The fraction of sp³-hybridized carbons (Fsp3) is 0. The maximum Gasteiger partial charge on any atom is 0.132 e. The summed E-state index contributed by atoms with van der Waals surface area (Å²) in [7, 11) is 0. The van der Waals surface area contributed by atoms with Crippen molar-refractivity contribution in [2.75, 3.05) is 0 Å². The van der Waals surface area contributed by atoms with Gasteiger partial charge in [-0.05, 0) is 30.3 Å². The van der Waals surface area contributed by atoms with E-state index in [1.165, 1.54) is 6.07 Å². The van der Waals surface area contributed by atoms with Gasteiger partial charge in [0.1, 0.15) is 11.6 Å². The third kappa shape index (κ3) is 2.08. The quantitative estimate of drug-likeness (QED) is 0.734. The van der Waals surface area contributed by atoms with Crippen molar-refractivity contribution in [3.63, 3.8) is 0 Å². The average molecular weight is 254 g/mol. The highest BCUT2D eigenvalue weighted by atomic mass is 19.1. The number of nitrogens with zero attached hydrogens (tertiary/aromatic N) is 1. The molecule has 94 valence electrons. The molecule has 0 atom stereocenters. The van der Waals surface area contributed by atoms with Gasteiger partial charge in [-0.1, -0.05) is 24.3 Å². The first kappa shape index (κ1) is 11.5. The summed E-state index contributed by atoms with van der Waals surface area (Å²) in [6.07, 6.45) is 0. The van der Waals surface area contributed by atoms with Crippen LogP contribution in [0.2, 0.25) is 0 Å². The van der Waals surface area contributed by atoms with Gasteiger partial charge in [0.15, 0.2) is 0 Å². The lowest BCUT2D eigenvalue weighted by Crippen LogP contribution is -1.82. The predicted octanol–water partition coefficient (Wildman–Crippen LogP) is 3.59. The molecule has 0 aliphatic heterocycles. The van der Waals surface area contributed by atoms with E-state index in [4.69, 9.17) is 0 Å². The van der Waals surface area contributed by atoms with Crippen LogP contribution in [-0.2, 0) is 0 Å². The Labute approximate surface area is 109 Å². The summed E-state index contributed by atoms with van der Waals surface area (Å²) >= 11 is 0. The molecule has 1 aromatic heterocycles. The smallest absolute Gasteiger partial charge is 0.132 e. The summed E-state index contributed by atoms with van der Waals surface area (Å²) in [6, 6.07) is 15.1. The van der Waals surface area contributed by atoms with E-state index in [-0.39, 0.29) is 11.6 Å². The lowest BCUT2D eigenvalue weighted by Gasteiger charge is -1.99. The number of rotatable bonds is 2. The molecule has 2 aromatic carbocycles. The van der Waals surface area contributed by atoms with Gasteiger partial charge in [0.05, 0.1) is 11.4 Å². The zero-order valence-corrected chi connectivity index (χ0v) is 9.97. The van der Waals surface area contributed by atoms with Crippen molar-refractivity contribution in [2.24, 2.45) is 0 Å². The molecule has 3 rings (SSSR count). The molecule has 0 unspecified atom stereocenters. The van der Waals surface area contributed by atoms with E-state index >= 15 is 0 Å². The number of aromatic hydroxyl groups is 1. The van der Waals surface area contributed by atoms with Crippen LogP contribution in [0.4, 0.5) is 4.39 Å². The minimum absolute atomic E-state index is 0.147. The number of hydrogen-bond acceptors (Lipinski definition) is 2. The van der Waals surface area contributed by atoms with Gasteiger partial charge in [0, 0.05) is 11.1 Å². The van der Waals surface area contributed by atoms with E-state index in [9.17, 15) is 9.50 Å². The summed E-state index contributed by atoms with van der Waals surface area (Å²) in [6.45, 7) is 0. The molecule has 0 bridgehead atoms. The number of H-pyrrole nitrogens is 1. The molecule has 0 spiro atoms. The SMILES string of the molecule is Oc1ccccc1-c1cc(-c2ccccc2F)[nH]n1. The van der Waals surface area contributed by atoms with E-state index < -0.39 is 0 Å². The Kier molecular flexibility index (Phi) is 2.76. The van der Waals surface area contributed by atoms with E-state index in [0.29, 0.717) is 22.5 Å². The molecule has 4 heteroatoms. The van der Waals surface area contributed by atoms with E-state index in [2.05, 4.69) is 10.2 Å². The van der Waals surface area contributed by atoms with Crippen molar-refractivity contribution in [3.8, 4) is 28.3 Å². The molecular formula is C15H11FN2O. The first-order chi connectivity index (χ1) is 9.25. The summed E-state index contributed by atoms with van der Waals surface area (Å²) in [5.74, 6) is -0.163. The first-order valence-electron chi connectivity index (χ1n) is 5.84. The number of halogens is 1. The maximum atomic E-state index is 13.7. The van der Waals surface area contributed by atoms with Gasteiger partial charge < -0.3 is 5.11 Å². The second-order valence-corrected chi connectivity index (χ2v) is 4.16. The molecule has 19 heavy (non-hydrogen) atoms. The van der Waals surface area contributed by atoms with Crippen LogP contribution in [0.15, 0.2) is 54.6 Å². The lowest BCUT2D eigenvalue weighted by atomic mass is 10.1. The summed E-state index contributed by atoms with van der Waals surface area (Å²) < 4.78 is 13.7. The zero-order valence-electron chi connectivity index (χ0n) is 9.97. The largest absolute Gasteiger partial charge is 0.507 e. The summed E-state index contributed by atoms with van der Waals surface area (Å²) in [4.78, 5) is 0. The van der Waals surface area contributed by atoms with Gasteiger partial charge in [0.2, 0.25) is 0 Å². The normalized spacial score (nSPS) is 10.6. The Bertz CT molecular complexity index is 661. The predicted molar refractivity (Wildman–Crippen MR) is 71.1 cm³/mol. The van der Waals surface area contributed by atoms with Crippen molar-refractivity contribution < 1.29 is 9.50 Å². The number of aromatic nitrogens is 2. The molecule has 1 heterocycles. The first-order valence-corrected chi connectivity index (χ1v) is 5.84. The molecule has 0 saturated heterocycles. The van der Waals surface area contributed by atoms with Crippen LogP contribution in [0.5, 0.6) is 5.75 Å². The van der Waals surface area contributed by atoms with Gasteiger partial charge >= 0.3 is 0 Å². The molecule has 0 fully saturated rings. The second kappa shape index (κ2) is 4.57. The molecule has 3 aromatic rings. The van der Waals surface area contributed by atoms with E-state index in [0.717, 1.165) is 0 Å². The van der Waals surface area contributed by atoms with Gasteiger partial charge in [-0.2, -0.15) is 5.10 Å². The van der Waals surface area contributed by atoms with Gasteiger partial charge in [-0.15, -0.1) is 0 Å². The molecule has 0 amide bonds. The average Bonchev–Trinajstić information content (AvgIpc) is 2.89. The molecule has 0 saturated carbocycles. The van der Waals surface area contributed by atoms with Gasteiger partial charge in [-0.3, -0.25) is 5.10 Å². The minimum atomic E-state index is -0.310. The van der Waals surface area contributed by atoms with Crippen LogP contribution in [-0.4, -0.2) is 15.3 Å². The number of hydrogen-bond donors (Lipinski definition) is 2. The Morgan fingerprint density at radius 3 is 2.37 bits per heavy atom. The third-order valence-corrected chi connectivity index (χ3v) is 2.92. The number of aromatic amines is 1. The van der Waals surface area contributed by atoms with Crippen molar-refractivity contribution in [1.29, 1.82) is 0 Å². The summed E-state index contributed by atoms with van der Waals surface area (Å²) in [5, 5.41) is 16.7. The second-order valence-electron chi connectivity index (χ2n) is 4.16. The number of phenolic OH excluding ortho intramolecular Hbond substituents is 1. The topological polar surface area (TPSA) is 48.9 Å². The fourth-order valence-corrected chi connectivity index (χ4v) is 1.97. The third-order valence-electron chi connectivity index (χ3n) is 2.92. The van der Waals surface area contributed by atoms with Crippen molar-refractivity contribution >= 4 is 0 Å². The van der Waals surface area contributed by atoms with Gasteiger partial charge in [-0.25, -0.2) is 4.39 Å². The molecule has 0 radical (unpaired) electrons. The highest BCUT2D eigenvalue weighted by Gasteiger charge is 2.11. The highest BCUT2D eigenvalue weighted by molar-refractivity contribution is 5.72. The fourth-order valence-electron chi connectivity index (χ4n) is 1.97. The van der Waals surface area contributed by atoms with Crippen LogP contribution >= 0.6 is 0 Å². The highest BCUT2D eigenvalue weighted by Crippen LogP contribution is 2.30. The van der Waals surface area contributed by atoms with Crippen LogP contribution in [0.1, 0.15) is 0 Å². The Morgan fingerprint density at radius 2 is 1.63 bits per heavy atom. The minimum Gasteiger partial charge on any atom is -0.507 e. The zero-order chi connectivity index (χ0) is 13.2. The van der Waals surface area contributed by atoms with Crippen LogP contribution in [0.25, 0.3) is 22.5 Å². The number of para-hydroxylation sites is 1. The summed E-state index contributed by atoms with van der Waals surface area (Å²) in [5.41, 5.74) is 2.23. The molecule has 2 N–H and O–H groups in total. The van der Waals surface area contributed by atoms with Crippen LogP contribution in [0.3, 0.4) is 0 Å². The Morgan fingerprint density at radius 1 is 0.947 bits per heavy atom. The molecule has 0 aliphatic carbocycles. The van der Waals surface area contributed by atoms with E-state index in [1.807, 2.05) is 6.07 Å². The van der Waals surface area contributed by atoms with Gasteiger partial charge in [0.25, 0.3) is 0 Å². The van der Waals surface area contributed by atoms with Crippen molar-refractivity contribution in [3.05, 3.63) is 60.4 Å². The Hall–Kier alpha value is -2.62. The number of phenols is 1. The van der Waals surface area contributed by atoms with Crippen LogP contribution in [0, 0.1) is 5.82 Å². The van der Waals surface area contributed by atoms with Crippen LogP contribution < -0.4 is 0 Å². The number of benzene rings is 2. The molecule has 3 nitrogen and oxygen atoms in total. The Balaban J connectivity index is 2.06. The monoisotopic (exact) mass is 254 g/mol. The van der Waals surface area contributed by atoms with E-state index in [1.54, 1.807) is 42.5 Å². The number of nitrogens with one attached hydrogen (secondary N) is 1.